The van der Waals surface area contributed by atoms with Crippen molar-refractivity contribution < 1.29 is 14.7 Å². The van der Waals surface area contributed by atoms with Gasteiger partial charge in [-0.25, -0.2) is 4.79 Å². The van der Waals surface area contributed by atoms with Gasteiger partial charge in [-0.05, 0) is 13.3 Å². The molecule has 2 amide bonds. The fourth-order valence-corrected chi connectivity index (χ4v) is 0.688. The molecule has 0 spiro atoms. The van der Waals surface area contributed by atoms with Crippen LogP contribution in [-0.2, 0) is 4.79 Å². The van der Waals surface area contributed by atoms with E-state index in [0.29, 0.717) is 6.54 Å². The molecule has 0 saturated carbocycles. The molecule has 3 N–H and O–H groups in total. The van der Waals surface area contributed by atoms with E-state index in [1.165, 1.54) is 6.92 Å². The number of carbonyl (C=O) groups is 2. The van der Waals surface area contributed by atoms with Gasteiger partial charge in [-0.2, -0.15) is 0 Å². The maximum atomic E-state index is 10.9. The Morgan fingerprint density at radius 2 is 2.08 bits per heavy atom. The third-order valence-electron chi connectivity index (χ3n) is 1.53. The molecule has 0 saturated heterocycles. The first-order valence-electron chi connectivity index (χ1n) is 4.35. The molecule has 0 aliphatic rings. The van der Waals surface area contributed by atoms with E-state index in [4.69, 9.17) is 5.11 Å². The lowest BCUT2D eigenvalue weighted by Gasteiger charge is -2.09. The number of urea groups is 1. The SMILES string of the molecule is CCCCNC(=O)N[C@@H](C)C(=O)O. The van der Waals surface area contributed by atoms with Gasteiger partial charge in [0.05, 0.1) is 0 Å². The minimum absolute atomic E-state index is 0.427. The monoisotopic (exact) mass is 188 g/mol. The van der Waals surface area contributed by atoms with Crippen LogP contribution in [0, 0.1) is 0 Å². The second kappa shape index (κ2) is 6.28. The quantitative estimate of drug-likeness (QED) is 0.551. The normalized spacial score (nSPS) is 11.8. The number of hydrogen-bond donors (Lipinski definition) is 3. The molecule has 5 heteroatoms. The summed E-state index contributed by atoms with van der Waals surface area (Å²) in [6, 6.07) is -1.27. The molecule has 0 aliphatic carbocycles. The molecule has 0 aromatic carbocycles. The average Bonchev–Trinajstić information content (AvgIpc) is 2.04. The number of hydrogen-bond acceptors (Lipinski definition) is 2. The number of carboxylic acid groups (broad SMARTS) is 1. The number of rotatable bonds is 5. The van der Waals surface area contributed by atoms with Crippen molar-refractivity contribution in [1.29, 1.82) is 0 Å². The molecule has 0 rings (SSSR count). The van der Waals surface area contributed by atoms with Gasteiger partial charge in [-0.15, -0.1) is 0 Å². The molecule has 0 radical (unpaired) electrons. The summed E-state index contributed by atoms with van der Waals surface area (Å²) in [6.07, 6.45) is 1.89. The van der Waals surface area contributed by atoms with Crippen LogP contribution < -0.4 is 10.6 Å². The number of nitrogens with one attached hydrogen (secondary N) is 2. The Kier molecular flexibility index (Phi) is 5.67. The molecule has 0 unspecified atom stereocenters. The summed E-state index contributed by atoms with van der Waals surface area (Å²) in [4.78, 5) is 21.3. The summed E-state index contributed by atoms with van der Waals surface area (Å²) >= 11 is 0. The van der Waals surface area contributed by atoms with Crippen molar-refractivity contribution in [3.8, 4) is 0 Å². The van der Waals surface area contributed by atoms with E-state index in [-0.39, 0.29) is 0 Å². The molecule has 76 valence electrons. The van der Waals surface area contributed by atoms with Crippen LogP contribution in [0.3, 0.4) is 0 Å². The molecule has 1 atom stereocenters. The van der Waals surface area contributed by atoms with Crippen molar-refractivity contribution in [2.75, 3.05) is 6.54 Å². The summed E-state index contributed by atoms with van der Waals surface area (Å²) < 4.78 is 0. The minimum Gasteiger partial charge on any atom is -0.480 e. The minimum atomic E-state index is -1.04. The summed E-state index contributed by atoms with van der Waals surface area (Å²) in [7, 11) is 0. The maximum Gasteiger partial charge on any atom is 0.325 e. The van der Waals surface area contributed by atoms with Crippen LogP contribution >= 0.6 is 0 Å². The van der Waals surface area contributed by atoms with Crippen molar-refractivity contribution in [3.05, 3.63) is 0 Å². The smallest absolute Gasteiger partial charge is 0.325 e. The molecule has 0 bridgehead atoms. The van der Waals surface area contributed by atoms with Crippen LogP contribution in [0.2, 0.25) is 0 Å². The molecule has 13 heavy (non-hydrogen) atoms. The lowest BCUT2D eigenvalue weighted by molar-refractivity contribution is -0.138. The van der Waals surface area contributed by atoms with Crippen LogP contribution in [0.25, 0.3) is 0 Å². The zero-order valence-electron chi connectivity index (χ0n) is 7.96. The van der Waals surface area contributed by atoms with Crippen LogP contribution in [-0.4, -0.2) is 29.7 Å². The van der Waals surface area contributed by atoms with Gasteiger partial charge >= 0.3 is 12.0 Å². The van der Waals surface area contributed by atoms with E-state index in [9.17, 15) is 9.59 Å². The predicted molar refractivity (Wildman–Crippen MR) is 48.5 cm³/mol. The van der Waals surface area contributed by atoms with Gasteiger partial charge in [0.25, 0.3) is 0 Å². The number of carboxylic acids is 1. The van der Waals surface area contributed by atoms with Crippen LogP contribution in [0.15, 0.2) is 0 Å². The third kappa shape index (κ3) is 5.95. The lowest BCUT2D eigenvalue weighted by Crippen LogP contribution is -2.44. The number of amides is 2. The topological polar surface area (TPSA) is 78.4 Å². The number of unbranched alkanes of at least 4 members (excludes halogenated alkanes) is 1. The first kappa shape index (κ1) is 11.7. The Balaban J connectivity index is 3.56. The van der Waals surface area contributed by atoms with Crippen molar-refractivity contribution >= 4 is 12.0 Å². The Morgan fingerprint density at radius 1 is 1.46 bits per heavy atom. The number of aliphatic carboxylic acids is 1. The summed E-state index contributed by atoms with van der Waals surface area (Å²) in [5.74, 6) is -1.04. The zero-order chi connectivity index (χ0) is 10.3. The fourth-order valence-electron chi connectivity index (χ4n) is 0.688. The zero-order valence-corrected chi connectivity index (χ0v) is 7.96. The van der Waals surface area contributed by atoms with Gasteiger partial charge in [0, 0.05) is 6.54 Å². The second-order valence-electron chi connectivity index (χ2n) is 2.81. The Hall–Kier alpha value is -1.26. The predicted octanol–water partition coefficient (Wildman–Crippen LogP) is 0.559. The summed E-state index contributed by atoms with van der Waals surface area (Å²) in [5, 5.41) is 13.3. The maximum absolute atomic E-state index is 10.9. The highest BCUT2D eigenvalue weighted by Gasteiger charge is 2.12. The number of carbonyl (C=O) groups excluding carboxylic acids is 1. The molecule has 0 aromatic heterocycles. The van der Waals surface area contributed by atoms with Gasteiger partial charge in [0.2, 0.25) is 0 Å². The largest absolute Gasteiger partial charge is 0.480 e. The van der Waals surface area contributed by atoms with Gasteiger partial charge in [0.1, 0.15) is 6.04 Å². The third-order valence-corrected chi connectivity index (χ3v) is 1.53. The molecule has 5 nitrogen and oxygen atoms in total. The van der Waals surface area contributed by atoms with Gasteiger partial charge < -0.3 is 15.7 Å². The summed E-state index contributed by atoms with van der Waals surface area (Å²) in [6.45, 7) is 4.01. The first-order chi connectivity index (χ1) is 6.07. The lowest BCUT2D eigenvalue weighted by atomic mass is 10.3. The molecule has 0 aromatic rings. The van der Waals surface area contributed by atoms with Gasteiger partial charge in [-0.1, -0.05) is 13.3 Å². The van der Waals surface area contributed by atoms with E-state index in [2.05, 4.69) is 10.6 Å². The van der Waals surface area contributed by atoms with E-state index in [1.54, 1.807) is 0 Å². The highest BCUT2D eigenvalue weighted by Crippen LogP contribution is 1.84. The van der Waals surface area contributed by atoms with Crippen LogP contribution in [0.4, 0.5) is 4.79 Å². The molecular weight excluding hydrogens is 172 g/mol. The van der Waals surface area contributed by atoms with Crippen molar-refractivity contribution in [2.45, 2.75) is 32.7 Å². The second-order valence-corrected chi connectivity index (χ2v) is 2.81. The Bertz CT molecular complexity index is 182. The highest BCUT2D eigenvalue weighted by molar-refractivity contribution is 5.82. The molecular formula is C8H16N2O3. The first-order valence-corrected chi connectivity index (χ1v) is 4.35. The van der Waals surface area contributed by atoms with Crippen LogP contribution in [0.5, 0.6) is 0 Å². The van der Waals surface area contributed by atoms with Crippen molar-refractivity contribution in [3.63, 3.8) is 0 Å². The fraction of sp³-hybridized carbons (Fsp3) is 0.750. The highest BCUT2D eigenvalue weighted by atomic mass is 16.4. The molecule has 0 fully saturated rings. The molecule has 0 heterocycles. The average molecular weight is 188 g/mol. The van der Waals surface area contributed by atoms with E-state index >= 15 is 0 Å². The van der Waals surface area contributed by atoms with Gasteiger partial charge in [0.15, 0.2) is 0 Å². The standard InChI is InChI=1S/C8H16N2O3/c1-3-4-5-9-8(13)10-6(2)7(11)12/h6H,3-5H2,1-2H3,(H,11,12)(H2,9,10,13)/t6-/m0/s1. The van der Waals surface area contributed by atoms with E-state index in [0.717, 1.165) is 12.8 Å². The van der Waals surface area contributed by atoms with Crippen LogP contribution in [0.1, 0.15) is 26.7 Å². The Labute approximate surface area is 77.5 Å². The Morgan fingerprint density at radius 3 is 2.54 bits per heavy atom. The molecule has 0 aliphatic heterocycles. The summed E-state index contributed by atoms with van der Waals surface area (Å²) in [5.41, 5.74) is 0. The van der Waals surface area contributed by atoms with Crippen molar-refractivity contribution in [2.24, 2.45) is 0 Å². The van der Waals surface area contributed by atoms with Gasteiger partial charge in [-0.3, -0.25) is 4.79 Å². The van der Waals surface area contributed by atoms with Crippen molar-refractivity contribution in [1.82, 2.24) is 10.6 Å². The van der Waals surface area contributed by atoms with E-state index < -0.39 is 18.0 Å². The van der Waals surface area contributed by atoms with E-state index in [1.807, 2.05) is 6.92 Å².